The summed E-state index contributed by atoms with van der Waals surface area (Å²) in [6.07, 6.45) is 0. The van der Waals surface area contributed by atoms with Crippen LogP contribution in [0.1, 0.15) is 25.1 Å². The molecule has 1 heterocycles. The summed E-state index contributed by atoms with van der Waals surface area (Å²) < 4.78 is 5.29. The summed E-state index contributed by atoms with van der Waals surface area (Å²) in [5.74, 6) is 2.28. The highest BCUT2D eigenvalue weighted by atomic mass is 16.5. The van der Waals surface area contributed by atoms with E-state index in [1.54, 1.807) is 7.11 Å². The minimum absolute atomic E-state index is 0.309. The summed E-state index contributed by atoms with van der Waals surface area (Å²) in [5.41, 5.74) is 3.07. The number of hydrogen-bond donors (Lipinski definition) is 1. The lowest BCUT2D eigenvalue weighted by atomic mass is 10.2. The van der Waals surface area contributed by atoms with Crippen LogP contribution in [0, 0.1) is 6.92 Å². The van der Waals surface area contributed by atoms with Crippen molar-refractivity contribution in [2.24, 2.45) is 0 Å². The molecule has 0 fully saturated rings. The van der Waals surface area contributed by atoms with Crippen molar-refractivity contribution in [3.05, 3.63) is 71.9 Å². The number of anilines is 3. The molecule has 140 valence electrons. The van der Waals surface area contributed by atoms with E-state index in [1.165, 1.54) is 5.56 Å². The van der Waals surface area contributed by atoms with Crippen LogP contribution in [-0.2, 0) is 6.54 Å². The van der Waals surface area contributed by atoms with E-state index in [9.17, 15) is 0 Å². The van der Waals surface area contributed by atoms with Gasteiger partial charge in [-0.25, -0.2) is 4.98 Å². The number of rotatable bonds is 7. The third-order valence-corrected chi connectivity index (χ3v) is 4.28. The zero-order valence-electron chi connectivity index (χ0n) is 16.3. The van der Waals surface area contributed by atoms with Gasteiger partial charge in [0, 0.05) is 36.1 Å². The van der Waals surface area contributed by atoms with Crippen molar-refractivity contribution in [3.8, 4) is 5.75 Å². The van der Waals surface area contributed by atoms with Gasteiger partial charge in [-0.3, -0.25) is 0 Å². The van der Waals surface area contributed by atoms with Gasteiger partial charge >= 0.3 is 0 Å². The lowest BCUT2D eigenvalue weighted by Gasteiger charge is -2.28. The number of benzene rings is 2. The van der Waals surface area contributed by atoms with Crippen molar-refractivity contribution in [2.75, 3.05) is 17.3 Å². The van der Waals surface area contributed by atoms with Crippen molar-refractivity contribution >= 4 is 17.5 Å². The number of aromatic nitrogens is 2. The Labute approximate surface area is 161 Å². The molecular weight excluding hydrogens is 336 g/mol. The molecule has 0 amide bonds. The van der Waals surface area contributed by atoms with E-state index in [2.05, 4.69) is 53.3 Å². The summed E-state index contributed by atoms with van der Waals surface area (Å²) in [5, 5.41) is 3.29. The van der Waals surface area contributed by atoms with Crippen LogP contribution in [0.15, 0.2) is 60.7 Å². The molecule has 0 atom stereocenters. The van der Waals surface area contributed by atoms with Gasteiger partial charge in [0.2, 0.25) is 5.95 Å². The van der Waals surface area contributed by atoms with Crippen LogP contribution in [0.5, 0.6) is 5.75 Å². The molecule has 2 aromatic carbocycles. The van der Waals surface area contributed by atoms with Crippen LogP contribution in [0.3, 0.4) is 0 Å². The van der Waals surface area contributed by atoms with Gasteiger partial charge in [-0.2, -0.15) is 4.98 Å². The van der Waals surface area contributed by atoms with Crippen LogP contribution in [0.25, 0.3) is 0 Å². The Hall–Kier alpha value is -3.08. The highest BCUT2D eigenvalue weighted by Crippen LogP contribution is 2.23. The van der Waals surface area contributed by atoms with Crippen LogP contribution >= 0.6 is 0 Å². The van der Waals surface area contributed by atoms with Crippen molar-refractivity contribution in [1.29, 1.82) is 0 Å². The lowest BCUT2D eigenvalue weighted by Crippen LogP contribution is -2.31. The molecule has 0 saturated heterocycles. The van der Waals surface area contributed by atoms with Crippen molar-refractivity contribution in [3.63, 3.8) is 0 Å². The van der Waals surface area contributed by atoms with E-state index in [1.807, 2.05) is 43.3 Å². The molecule has 0 saturated carbocycles. The van der Waals surface area contributed by atoms with Gasteiger partial charge in [-0.1, -0.05) is 36.4 Å². The van der Waals surface area contributed by atoms with Crippen LogP contribution in [0.4, 0.5) is 17.5 Å². The van der Waals surface area contributed by atoms with Crippen molar-refractivity contribution in [1.82, 2.24) is 9.97 Å². The second-order valence-corrected chi connectivity index (χ2v) is 6.76. The zero-order valence-corrected chi connectivity index (χ0v) is 16.3. The van der Waals surface area contributed by atoms with Gasteiger partial charge in [0.15, 0.2) is 0 Å². The highest BCUT2D eigenvalue weighted by molar-refractivity contribution is 5.58. The molecule has 0 radical (unpaired) electrons. The average Bonchev–Trinajstić information content (AvgIpc) is 2.66. The van der Waals surface area contributed by atoms with E-state index in [4.69, 9.17) is 9.72 Å². The summed E-state index contributed by atoms with van der Waals surface area (Å²) in [7, 11) is 1.66. The SMILES string of the molecule is COc1cccc(Nc2nc(C)cc(N(Cc3ccccc3)C(C)C)n2)c1. The minimum Gasteiger partial charge on any atom is -0.497 e. The van der Waals surface area contributed by atoms with Gasteiger partial charge in [0.25, 0.3) is 0 Å². The second kappa shape index (κ2) is 8.54. The second-order valence-electron chi connectivity index (χ2n) is 6.76. The summed E-state index contributed by atoms with van der Waals surface area (Å²) in [6, 6.07) is 20.5. The molecule has 27 heavy (non-hydrogen) atoms. The Bertz CT molecular complexity index is 880. The average molecular weight is 362 g/mol. The van der Waals surface area contributed by atoms with Crippen LogP contribution in [-0.4, -0.2) is 23.1 Å². The maximum absolute atomic E-state index is 5.29. The maximum Gasteiger partial charge on any atom is 0.229 e. The fourth-order valence-electron chi connectivity index (χ4n) is 2.89. The quantitative estimate of drug-likeness (QED) is 0.644. The Morgan fingerprint density at radius 2 is 1.78 bits per heavy atom. The molecule has 5 nitrogen and oxygen atoms in total. The minimum atomic E-state index is 0.309. The first-order valence-corrected chi connectivity index (χ1v) is 9.12. The Kier molecular flexibility index (Phi) is 5.91. The Morgan fingerprint density at radius 3 is 2.48 bits per heavy atom. The first-order chi connectivity index (χ1) is 13.0. The first kappa shape index (κ1) is 18.7. The molecule has 0 spiro atoms. The van der Waals surface area contributed by atoms with E-state index in [-0.39, 0.29) is 0 Å². The first-order valence-electron chi connectivity index (χ1n) is 9.12. The molecule has 5 heteroatoms. The molecule has 0 aliphatic carbocycles. The maximum atomic E-state index is 5.29. The third kappa shape index (κ3) is 4.97. The van der Waals surface area contributed by atoms with Gasteiger partial charge in [0.05, 0.1) is 7.11 Å². The molecule has 1 aromatic heterocycles. The van der Waals surface area contributed by atoms with Crippen molar-refractivity contribution in [2.45, 2.75) is 33.4 Å². The summed E-state index contributed by atoms with van der Waals surface area (Å²) >= 11 is 0. The number of nitrogens with one attached hydrogen (secondary N) is 1. The number of methoxy groups -OCH3 is 1. The van der Waals surface area contributed by atoms with Gasteiger partial charge < -0.3 is 15.0 Å². The van der Waals surface area contributed by atoms with Crippen LogP contribution in [0.2, 0.25) is 0 Å². The highest BCUT2D eigenvalue weighted by Gasteiger charge is 2.15. The third-order valence-electron chi connectivity index (χ3n) is 4.28. The molecule has 0 unspecified atom stereocenters. The molecule has 0 bridgehead atoms. The molecule has 0 aliphatic heterocycles. The topological polar surface area (TPSA) is 50.3 Å². The Balaban J connectivity index is 1.88. The fourth-order valence-corrected chi connectivity index (χ4v) is 2.89. The van der Waals surface area contributed by atoms with Gasteiger partial charge in [-0.05, 0) is 38.5 Å². The van der Waals surface area contributed by atoms with E-state index in [0.717, 1.165) is 29.5 Å². The van der Waals surface area contributed by atoms with E-state index >= 15 is 0 Å². The number of hydrogen-bond acceptors (Lipinski definition) is 5. The van der Waals surface area contributed by atoms with E-state index in [0.29, 0.717) is 12.0 Å². The number of aryl methyl sites for hydroxylation is 1. The predicted octanol–water partition coefficient (Wildman–Crippen LogP) is 4.95. The van der Waals surface area contributed by atoms with E-state index < -0.39 is 0 Å². The van der Waals surface area contributed by atoms with Gasteiger partial charge in [0.1, 0.15) is 11.6 Å². The fraction of sp³-hybridized carbons (Fsp3) is 0.273. The molecular formula is C22H26N4O. The zero-order chi connectivity index (χ0) is 19.2. The lowest BCUT2D eigenvalue weighted by molar-refractivity contribution is 0.415. The summed E-state index contributed by atoms with van der Waals surface area (Å²) in [4.78, 5) is 11.6. The molecule has 3 aromatic rings. The van der Waals surface area contributed by atoms with Crippen molar-refractivity contribution < 1.29 is 4.74 Å². The molecule has 0 aliphatic rings. The van der Waals surface area contributed by atoms with Gasteiger partial charge in [-0.15, -0.1) is 0 Å². The number of nitrogens with zero attached hydrogens (tertiary/aromatic N) is 3. The normalized spacial score (nSPS) is 10.7. The standard InChI is InChI=1S/C22H26N4O/c1-16(2)26(15-18-9-6-5-7-10-18)21-13-17(3)23-22(25-21)24-19-11-8-12-20(14-19)27-4/h5-14,16H,15H2,1-4H3,(H,23,24,25). The smallest absolute Gasteiger partial charge is 0.229 e. The molecule has 1 N–H and O–H groups in total. The monoisotopic (exact) mass is 362 g/mol. The molecule has 3 rings (SSSR count). The predicted molar refractivity (Wildman–Crippen MR) is 111 cm³/mol. The largest absolute Gasteiger partial charge is 0.497 e. The number of ether oxygens (including phenoxy) is 1. The summed E-state index contributed by atoms with van der Waals surface area (Å²) in [6.45, 7) is 7.14. The Morgan fingerprint density at radius 1 is 1.00 bits per heavy atom. The van der Waals surface area contributed by atoms with Crippen LogP contribution < -0.4 is 15.0 Å².